The van der Waals surface area contributed by atoms with E-state index in [0.29, 0.717) is 47.5 Å². The first-order chi connectivity index (χ1) is 13.5. The van der Waals surface area contributed by atoms with Crippen molar-refractivity contribution in [3.8, 4) is 5.69 Å². The molecule has 0 bridgehead atoms. The van der Waals surface area contributed by atoms with E-state index in [1.807, 2.05) is 27.7 Å². The molecule has 2 N–H and O–H groups in total. The highest BCUT2D eigenvalue weighted by Gasteiger charge is 2.24. The summed E-state index contributed by atoms with van der Waals surface area (Å²) in [6.07, 6.45) is 3.28. The van der Waals surface area contributed by atoms with Gasteiger partial charge in [0.15, 0.2) is 0 Å². The van der Waals surface area contributed by atoms with Gasteiger partial charge in [-0.25, -0.2) is 0 Å². The van der Waals surface area contributed by atoms with Gasteiger partial charge >= 0.3 is 0 Å². The molecule has 1 aromatic heterocycles. The number of anilines is 2. The molecular weight excluding hydrogens is 399 g/mol. The van der Waals surface area contributed by atoms with Crippen molar-refractivity contribution in [2.45, 2.75) is 0 Å². The molecule has 28 heavy (non-hydrogen) atoms. The second kappa shape index (κ2) is 7.69. The number of piperazine rings is 1. The zero-order valence-electron chi connectivity index (χ0n) is 14.9. The molecule has 9 heteroatoms. The molecule has 0 atom stereocenters. The lowest BCUT2D eigenvalue weighted by Crippen LogP contribution is -2.49. The standard InChI is InChI=1S/C19H18Cl2N6O/c20-15-3-1-13(9-16(15)21)19(28)26-7-5-25(6-8-26)17-4-2-14(22)10-18(17)27-11-23-24-12-27/h1-4,9-12H,5-8,22H2. The van der Waals surface area contributed by atoms with E-state index in [4.69, 9.17) is 28.9 Å². The molecule has 0 aliphatic carbocycles. The van der Waals surface area contributed by atoms with Crippen LogP contribution in [0, 0.1) is 0 Å². The van der Waals surface area contributed by atoms with Gasteiger partial charge in [0.1, 0.15) is 12.7 Å². The summed E-state index contributed by atoms with van der Waals surface area (Å²) in [6.45, 7) is 2.61. The molecule has 2 aromatic carbocycles. The maximum absolute atomic E-state index is 12.8. The molecule has 4 rings (SSSR count). The number of hydrogen-bond acceptors (Lipinski definition) is 5. The molecule has 0 saturated carbocycles. The van der Waals surface area contributed by atoms with Gasteiger partial charge in [-0.15, -0.1) is 10.2 Å². The summed E-state index contributed by atoms with van der Waals surface area (Å²) in [5.41, 5.74) is 9.11. The molecule has 1 fully saturated rings. The highest BCUT2D eigenvalue weighted by atomic mass is 35.5. The van der Waals surface area contributed by atoms with Crippen LogP contribution in [0.25, 0.3) is 5.69 Å². The number of nitrogens with two attached hydrogens (primary N) is 1. The second-order valence-electron chi connectivity index (χ2n) is 6.53. The Kier molecular flexibility index (Phi) is 5.11. The van der Waals surface area contributed by atoms with E-state index in [1.54, 1.807) is 30.9 Å². The van der Waals surface area contributed by atoms with E-state index in [1.165, 1.54) is 0 Å². The Morgan fingerprint density at radius 2 is 1.61 bits per heavy atom. The number of nitrogens with zero attached hydrogens (tertiary/aromatic N) is 5. The first kappa shape index (κ1) is 18.6. The lowest BCUT2D eigenvalue weighted by atomic mass is 10.1. The Bertz CT molecular complexity index is 1000. The van der Waals surface area contributed by atoms with Gasteiger partial charge in [-0.3, -0.25) is 9.36 Å². The van der Waals surface area contributed by atoms with Gasteiger partial charge in [0.25, 0.3) is 5.91 Å². The number of halogens is 2. The average Bonchev–Trinajstić information content (AvgIpc) is 3.24. The first-order valence-electron chi connectivity index (χ1n) is 8.77. The molecule has 1 saturated heterocycles. The van der Waals surface area contributed by atoms with Crippen LogP contribution in [0.3, 0.4) is 0 Å². The first-order valence-corrected chi connectivity index (χ1v) is 9.52. The smallest absolute Gasteiger partial charge is 0.254 e. The van der Waals surface area contributed by atoms with Crippen molar-refractivity contribution < 1.29 is 4.79 Å². The maximum atomic E-state index is 12.8. The van der Waals surface area contributed by atoms with E-state index in [9.17, 15) is 4.79 Å². The Morgan fingerprint density at radius 3 is 2.29 bits per heavy atom. The quantitative estimate of drug-likeness (QED) is 0.663. The molecule has 0 spiro atoms. The number of amides is 1. The Balaban J connectivity index is 1.50. The fraction of sp³-hybridized carbons (Fsp3) is 0.211. The molecule has 3 aromatic rings. The van der Waals surface area contributed by atoms with Crippen LogP contribution in [0.15, 0.2) is 49.1 Å². The number of carbonyl (C=O) groups excluding carboxylic acids is 1. The van der Waals surface area contributed by atoms with Gasteiger partial charge in [0.05, 0.1) is 21.4 Å². The predicted molar refractivity (Wildman–Crippen MR) is 110 cm³/mol. The van der Waals surface area contributed by atoms with Gasteiger partial charge in [0, 0.05) is 37.4 Å². The van der Waals surface area contributed by atoms with Crippen LogP contribution in [0.4, 0.5) is 11.4 Å². The molecule has 7 nitrogen and oxygen atoms in total. The summed E-state index contributed by atoms with van der Waals surface area (Å²) in [4.78, 5) is 16.8. The summed E-state index contributed by atoms with van der Waals surface area (Å²) < 4.78 is 1.83. The number of carbonyl (C=O) groups is 1. The second-order valence-corrected chi connectivity index (χ2v) is 7.34. The van der Waals surface area contributed by atoms with Crippen LogP contribution in [-0.4, -0.2) is 51.8 Å². The molecule has 144 valence electrons. The summed E-state index contributed by atoms with van der Waals surface area (Å²) in [6, 6.07) is 10.7. The van der Waals surface area contributed by atoms with Crippen LogP contribution < -0.4 is 10.6 Å². The normalized spacial score (nSPS) is 14.4. The highest BCUT2D eigenvalue weighted by molar-refractivity contribution is 6.42. The largest absolute Gasteiger partial charge is 0.399 e. The van der Waals surface area contributed by atoms with Crippen molar-refractivity contribution in [3.63, 3.8) is 0 Å². The third-order valence-electron chi connectivity index (χ3n) is 4.77. The number of nitrogen functional groups attached to an aromatic ring is 1. The maximum Gasteiger partial charge on any atom is 0.254 e. The molecule has 0 radical (unpaired) electrons. The van der Waals surface area contributed by atoms with Crippen molar-refractivity contribution in [1.82, 2.24) is 19.7 Å². The minimum absolute atomic E-state index is 0.0467. The SMILES string of the molecule is Nc1ccc(N2CCN(C(=O)c3ccc(Cl)c(Cl)c3)CC2)c(-n2cnnc2)c1. The topological polar surface area (TPSA) is 80.3 Å². The number of aromatic nitrogens is 3. The van der Waals surface area contributed by atoms with E-state index >= 15 is 0 Å². The zero-order valence-corrected chi connectivity index (χ0v) is 16.4. The Morgan fingerprint density at radius 1 is 0.893 bits per heavy atom. The van der Waals surface area contributed by atoms with Crippen molar-refractivity contribution in [1.29, 1.82) is 0 Å². The lowest BCUT2D eigenvalue weighted by molar-refractivity contribution is 0.0747. The minimum atomic E-state index is -0.0467. The van der Waals surface area contributed by atoms with Gasteiger partial charge in [-0.2, -0.15) is 0 Å². The van der Waals surface area contributed by atoms with E-state index < -0.39 is 0 Å². The number of hydrogen-bond donors (Lipinski definition) is 1. The van der Waals surface area contributed by atoms with Crippen molar-refractivity contribution in [3.05, 3.63) is 64.7 Å². The van der Waals surface area contributed by atoms with Crippen LogP contribution in [0.2, 0.25) is 10.0 Å². The Hall–Kier alpha value is -2.77. The predicted octanol–water partition coefficient (Wildman–Crippen LogP) is 3.12. The third kappa shape index (κ3) is 3.63. The van der Waals surface area contributed by atoms with Crippen molar-refractivity contribution >= 4 is 40.5 Å². The summed E-state index contributed by atoms with van der Waals surface area (Å²) in [7, 11) is 0. The average molecular weight is 417 g/mol. The molecule has 1 aliphatic rings. The van der Waals surface area contributed by atoms with Gasteiger partial charge < -0.3 is 15.5 Å². The van der Waals surface area contributed by atoms with Crippen molar-refractivity contribution in [2.24, 2.45) is 0 Å². The van der Waals surface area contributed by atoms with Crippen LogP contribution in [-0.2, 0) is 0 Å². The lowest BCUT2D eigenvalue weighted by Gasteiger charge is -2.37. The molecule has 1 aliphatic heterocycles. The fourth-order valence-electron chi connectivity index (χ4n) is 3.30. The molecule has 2 heterocycles. The minimum Gasteiger partial charge on any atom is -0.399 e. The summed E-state index contributed by atoms with van der Waals surface area (Å²) >= 11 is 12.0. The highest BCUT2D eigenvalue weighted by Crippen LogP contribution is 2.28. The van der Waals surface area contributed by atoms with Gasteiger partial charge in [-0.1, -0.05) is 23.2 Å². The van der Waals surface area contributed by atoms with Crippen molar-refractivity contribution in [2.75, 3.05) is 36.8 Å². The summed E-state index contributed by atoms with van der Waals surface area (Å²) in [5.74, 6) is -0.0467. The van der Waals surface area contributed by atoms with E-state index in [-0.39, 0.29) is 5.91 Å². The number of benzene rings is 2. The summed E-state index contributed by atoms with van der Waals surface area (Å²) in [5, 5.41) is 8.57. The number of rotatable bonds is 3. The van der Waals surface area contributed by atoms with E-state index in [2.05, 4.69) is 15.1 Å². The van der Waals surface area contributed by atoms with Crippen LogP contribution >= 0.6 is 23.2 Å². The zero-order chi connectivity index (χ0) is 19.7. The van der Waals surface area contributed by atoms with Gasteiger partial charge in [0.2, 0.25) is 0 Å². The monoisotopic (exact) mass is 416 g/mol. The third-order valence-corrected chi connectivity index (χ3v) is 5.51. The molecule has 1 amide bonds. The molecular formula is C19H18Cl2N6O. The molecule has 0 unspecified atom stereocenters. The van der Waals surface area contributed by atoms with E-state index in [0.717, 1.165) is 11.4 Å². The van der Waals surface area contributed by atoms with Gasteiger partial charge in [-0.05, 0) is 36.4 Å². The van der Waals surface area contributed by atoms with Crippen LogP contribution in [0.5, 0.6) is 0 Å². The Labute approximate surface area is 172 Å². The fourth-order valence-corrected chi connectivity index (χ4v) is 3.60. The van der Waals surface area contributed by atoms with Crippen LogP contribution in [0.1, 0.15) is 10.4 Å².